The Labute approximate surface area is 436 Å². The average Bonchev–Trinajstić information content (AvgIpc) is 3.32. The van der Waals surface area contributed by atoms with Crippen molar-refractivity contribution in [1.82, 2.24) is 9.55 Å². The molecule has 2 aliphatic rings. The van der Waals surface area contributed by atoms with Crippen LogP contribution in [0.5, 0.6) is 0 Å². The summed E-state index contributed by atoms with van der Waals surface area (Å²) >= 11 is 0. The van der Waals surface area contributed by atoms with Gasteiger partial charge in [0, 0.05) is 31.4 Å². The van der Waals surface area contributed by atoms with Gasteiger partial charge in [-0.1, -0.05) is 148 Å². The molecular weight excluding hydrogens is 1000 g/mol. The fourth-order valence-electron chi connectivity index (χ4n) is 8.78. The number of fused-ring (bicyclic) bond motifs is 3. The number of cyclic esters (lactones) is 1. The van der Waals surface area contributed by atoms with Crippen LogP contribution in [0, 0.1) is 17.8 Å². The quantitative estimate of drug-likeness (QED) is 0.0212. The molecular formula is C51H87N3O18P2. The van der Waals surface area contributed by atoms with Gasteiger partial charge in [0.25, 0.3) is 0 Å². The van der Waals surface area contributed by atoms with Crippen molar-refractivity contribution in [3.8, 4) is 0 Å². The third-order valence-electron chi connectivity index (χ3n) is 13.1. The van der Waals surface area contributed by atoms with Gasteiger partial charge in [0.15, 0.2) is 6.10 Å². The molecule has 0 amide bonds. The first-order valence-electron chi connectivity index (χ1n) is 26.8. The minimum Gasteiger partial charge on any atom is -0.462 e. The average molecular weight is 1090 g/mol. The van der Waals surface area contributed by atoms with Crippen LogP contribution in [-0.2, 0) is 51.1 Å². The van der Waals surface area contributed by atoms with Gasteiger partial charge in [0.2, 0.25) is 0 Å². The molecule has 74 heavy (non-hydrogen) atoms. The van der Waals surface area contributed by atoms with E-state index in [9.17, 15) is 58.5 Å². The summed E-state index contributed by atoms with van der Waals surface area (Å²) in [5, 5.41) is 45.7. The van der Waals surface area contributed by atoms with Crippen molar-refractivity contribution in [2.45, 2.75) is 218 Å². The number of ether oxygens (including phenoxy) is 3. The molecule has 3 heterocycles. The highest BCUT2D eigenvalue weighted by molar-refractivity contribution is 7.61. The monoisotopic (exact) mass is 1090 g/mol. The van der Waals surface area contributed by atoms with E-state index < -0.39 is 120 Å². The molecule has 1 aromatic heterocycles. The molecule has 0 aliphatic carbocycles. The Morgan fingerprint density at radius 1 is 0.865 bits per heavy atom. The number of phosphoric acid groups is 2. The highest BCUT2D eigenvalue weighted by Gasteiger charge is 2.45. The van der Waals surface area contributed by atoms with Crippen LogP contribution in [0.2, 0.25) is 0 Å². The normalized spacial score (nSPS) is 28.8. The van der Waals surface area contributed by atoms with Crippen molar-refractivity contribution in [2.75, 3.05) is 25.6 Å². The number of nitrogens with two attached hydrogens (primary N) is 1. The van der Waals surface area contributed by atoms with E-state index in [2.05, 4.69) is 23.1 Å². The van der Waals surface area contributed by atoms with Crippen LogP contribution >= 0.6 is 15.6 Å². The number of nitrogens with zero attached hydrogens (tertiary/aromatic N) is 2. The van der Waals surface area contributed by atoms with Gasteiger partial charge in [-0.2, -0.15) is 9.29 Å². The predicted molar refractivity (Wildman–Crippen MR) is 276 cm³/mol. The fraction of sp³-hybridized carbons (Fsp3) is 0.784. The Balaban J connectivity index is 1.74. The standard InChI is InChI=1S/C51H87N3O18P2/c1-4-5-19-25-38(55)29-30-40-42(56)33-43(57)41-26-21-17-18-23-28-47(59)70-39(34-67-46(58)27-22-16-14-12-10-8-6-7-9-11-13-15-20-24-37(2)3)35-68-73(63,64)72-74(65,66)69-36-44(49(61)48(40)60)71-50(41)54-32-31-45(52)53-51(54)62/h17,21,29-32,37-41,43-44,48-50,55,57,60-61H,4-16,18-20,22-28,33-36H2,1-3H3,(H,63,64)(H,65,66)(H2,52,53,62)/t38-,39+,40-,41-,43-,44+,48-,49+,50+/m0/s1. The molecule has 1 aromatic rings. The number of phosphoric ester groups is 2. The summed E-state index contributed by atoms with van der Waals surface area (Å²) in [4.78, 5) is 78.0. The molecule has 424 valence electrons. The van der Waals surface area contributed by atoms with Gasteiger partial charge < -0.3 is 50.2 Å². The zero-order valence-electron chi connectivity index (χ0n) is 43.8. The first-order valence-corrected chi connectivity index (χ1v) is 29.8. The van der Waals surface area contributed by atoms with E-state index in [1.807, 2.05) is 6.92 Å². The van der Waals surface area contributed by atoms with Gasteiger partial charge >= 0.3 is 33.3 Å². The number of aliphatic hydroxyl groups excluding tert-OH is 4. The number of ketones is 1. The summed E-state index contributed by atoms with van der Waals surface area (Å²) < 4.78 is 58.9. The fourth-order valence-corrected chi connectivity index (χ4v) is 10.9. The molecule has 8 N–H and O–H groups in total. The summed E-state index contributed by atoms with van der Waals surface area (Å²) in [6.07, 6.45) is 13.2. The first kappa shape index (κ1) is 65.1. The molecule has 0 aromatic carbocycles. The van der Waals surface area contributed by atoms with Gasteiger partial charge in [0.1, 0.15) is 36.6 Å². The SMILES string of the molecule is CCCCC[C@H](O)C=C[C@H]1C(=O)C[C@H](O)[C@@H]2CC=CCCCC(=O)O[C@H](COC(=O)CCCCCCCCCCCCCCCC(C)C)COP(=O)(O)OP(=O)(O)OC[C@@H](O[C@H]2n2ccc(N)nc2=O)[C@@H](O)[C@H]1O. The summed E-state index contributed by atoms with van der Waals surface area (Å²) in [6.45, 7) is 3.77. The number of esters is 2. The highest BCUT2D eigenvalue weighted by Crippen LogP contribution is 2.60. The van der Waals surface area contributed by atoms with Crippen molar-refractivity contribution in [2.24, 2.45) is 17.8 Å². The minimum atomic E-state index is -5.72. The Kier molecular flexibility index (Phi) is 31.0. The zero-order valence-corrected chi connectivity index (χ0v) is 45.6. The highest BCUT2D eigenvalue weighted by atomic mass is 31.3. The molecule has 2 aliphatic heterocycles. The third kappa shape index (κ3) is 26.3. The maximum atomic E-state index is 13.9. The predicted octanol–water partition coefficient (Wildman–Crippen LogP) is 7.84. The van der Waals surface area contributed by atoms with Crippen LogP contribution in [0.3, 0.4) is 0 Å². The molecule has 2 unspecified atom stereocenters. The number of rotatable bonds is 25. The number of aromatic nitrogens is 2. The largest absolute Gasteiger partial charge is 0.481 e. The van der Waals surface area contributed by atoms with Crippen molar-refractivity contribution in [3.63, 3.8) is 0 Å². The summed E-state index contributed by atoms with van der Waals surface area (Å²) in [5.74, 6) is -4.42. The van der Waals surface area contributed by atoms with Gasteiger partial charge in [-0.05, 0) is 44.1 Å². The van der Waals surface area contributed by atoms with E-state index in [0.29, 0.717) is 19.3 Å². The van der Waals surface area contributed by atoms with E-state index >= 15 is 0 Å². The van der Waals surface area contributed by atoms with Crippen molar-refractivity contribution in [3.05, 3.63) is 47.1 Å². The number of Topliss-reactive ketones (excluding diaryl/α,β-unsaturated/α-hetero) is 1. The van der Waals surface area contributed by atoms with Crippen LogP contribution in [0.25, 0.3) is 0 Å². The summed E-state index contributed by atoms with van der Waals surface area (Å²) in [6, 6.07) is 1.23. The number of carbonyl (C=O) groups excluding carboxylic acids is 3. The number of anilines is 1. The lowest BCUT2D eigenvalue weighted by Gasteiger charge is -2.39. The second-order valence-electron chi connectivity index (χ2n) is 20.0. The number of unbranched alkanes of at least 4 members (excludes halogenated alkanes) is 14. The van der Waals surface area contributed by atoms with E-state index in [-0.39, 0.29) is 37.9 Å². The number of allylic oxidation sites excluding steroid dienone is 2. The second kappa shape index (κ2) is 35.3. The van der Waals surface area contributed by atoms with Crippen LogP contribution < -0.4 is 11.4 Å². The van der Waals surface area contributed by atoms with E-state index in [0.717, 1.165) is 55.2 Å². The number of aliphatic hydroxyl groups is 4. The molecule has 0 spiro atoms. The van der Waals surface area contributed by atoms with Crippen LogP contribution in [0.15, 0.2) is 41.4 Å². The number of nitrogen functional groups attached to an aromatic ring is 1. The molecule has 3 rings (SSSR count). The second-order valence-corrected chi connectivity index (χ2v) is 23.0. The van der Waals surface area contributed by atoms with Crippen molar-refractivity contribution >= 4 is 39.2 Å². The summed E-state index contributed by atoms with van der Waals surface area (Å²) in [7, 11) is -11.3. The van der Waals surface area contributed by atoms with Crippen molar-refractivity contribution in [1.29, 1.82) is 0 Å². The molecule has 0 saturated carbocycles. The van der Waals surface area contributed by atoms with Gasteiger partial charge in [0.05, 0.1) is 37.4 Å². The molecule has 23 heteroatoms. The molecule has 0 radical (unpaired) electrons. The summed E-state index contributed by atoms with van der Waals surface area (Å²) in [5.41, 5.74) is 4.75. The Morgan fingerprint density at radius 3 is 2.09 bits per heavy atom. The lowest BCUT2D eigenvalue weighted by Crippen LogP contribution is -2.51. The van der Waals surface area contributed by atoms with Crippen LogP contribution in [0.1, 0.15) is 181 Å². The third-order valence-corrected chi connectivity index (χ3v) is 15.7. The number of carbonyl (C=O) groups is 3. The smallest absolute Gasteiger partial charge is 0.462 e. The molecule has 21 nitrogen and oxygen atoms in total. The molecule has 1 fully saturated rings. The van der Waals surface area contributed by atoms with Gasteiger partial charge in [-0.15, -0.1) is 0 Å². The van der Waals surface area contributed by atoms with Crippen molar-refractivity contribution < 1.29 is 81.3 Å². The topological polar surface area (TPSA) is 323 Å². The zero-order chi connectivity index (χ0) is 54.5. The Morgan fingerprint density at radius 2 is 1.47 bits per heavy atom. The molecule has 2 bridgehead atoms. The van der Waals surface area contributed by atoms with Gasteiger partial charge in [-0.25, -0.2) is 13.9 Å². The van der Waals surface area contributed by atoms with Gasteiger partial charge in [-0.3, -0.25) is 28.0 Å². The minimum absolute atomic E-state index is 0.0796. The number of hydrogen-bond donors (Lipinski definition) is 7. The van der Waals surface area contributed by atoms with E-state index in [4.69, 9.17) is 29.0 Å². The Bertz CT molecular complexity index is 2020. The Hall–Kier alpha value is -3.17. The lowest BCUT2D eigenvalue weighted by atomic mass is 9.83. The van der Waals surface area contributed by atoms with E-state index in [1.54, 1.807) is 12.2 Å². The maximum absolute atomic E-state index is 13.9. The van der Waals surface area contributed by atoms with Crippen LogP contribution in [-0.4, -0.2) is 114 Å². The van der Waals surface area contributed by atoms with E-state index in [1.165, 1.54) is 76.0 Å². The lowest BCUT2D eigenvalue weighted by molar-refractivity contribution is -0.186. The number of hydrogen-bond acceptors (Lipinski definition) is 18. The molecule has 11 atom stereocenters. The first-order chi connectivity index (χ1) is 35.2. The molecule has 1 saturated heterocycles. The van der Waals surface area contributed by atoms with Crippen LogP contribution in [0.4, 0.5) is 5.82 Å². The maximum Gasteiger partial charge on any atom is 0.481 e.